The number of nitrogens with two attached hydrogens (primary N) is 1. The van der Waals surface area contributed by atoms with Crippen molar-refractivity contribution in [2.24, 2.45) is 5.73 Å². The van der Waals surface area contributed by atoms with Gasteiger partial charge in [-0.2, -0.15) is 0 Å². The number of carbonyl (C=O) groups is 6. The lowest BCUT2D eigenvalue weighted by Crippen LogP contribution is -2.63. The predicted molar refractivity (Wildman–Crippen MR) is 168 cm³/mol. The van der Waals surface area contributed by atoms with Crippen LogP contribution in [0.15, 0.2) is 83.3 Å². The highest BCUT2D eigenvalue weighted by atomic mass is 32.2. The fraction of sp³-hybridized carbons (Fsp3) is 0.235. The molecule has 0 radical (unpaired) electrons. The van der Waals surface area contributed by atoms with Crippen LogP contribution in [0.1, 0.15) is 51.1 Å². The standard InChI is InChI=1S/C34H29N3O8S/c1-2-44-32(42)34(17-46-30-27(34)28(39)22-13-7-8-14-23(22)29(30)40)37-31(41)25(15-26(35)38)36-33(43)45-16-24-20-11-5-3-9-18(20)19-10-4-6-12-21(19)24/h3-14,24-25H,2,15-17H2,1H3,(H2,35,38)(H,36,43)(H,37,41)/t25-,34?/m0/s1. The third kappa shape index (κ3) is 5.24. The number of ether oxygens (including phenoxy) is 2. The van der Waals surface area contributed by atoms with Gasteiger partial charge in [-0.3, -0.25) is 19.2 Å². The zero-order valence-electron chi connectivity index (χ0n) is 24.7. The molecule has 1 heterocycles. The molecular weight excluding hydrogens is 610 g/mol. The zero-order chi connectivity index (χ0) is 32.6. The van der Waals surface area contributed by atoms with Crippen LogP contribution in [0.25, 0.3) is 11.1 Å². The van der Waals surface area contributed by atoms with Crippen LogP contribution in [0.2, 0.25) is 0 Å². The van der Waals surface area contributed by atoms with Gasteiger partial charge < -0.3 is 25.8 Å². The summed E-state index contributed by atoms with van der Waals surface area (Å²) in [4.78, 5) is 79.4. The van der Waals surface area contributed by atoms with E-state index >= 15 is 0 Å². The first-order valence-electron chi connectivity index (χ1n) is 14.6. The van der Waals surface area contributed by atoms with E-state index in [1.807, 2.05) is 48.5 Å². The van der Waals surface area contributed by atoms with Crippen molar-refractivity contribution >= 4 is 47.2 Å². The first kappa shape index (κ1) is 30.8. The Hall–Kier alpha value is -5.23. The minimum Gasteiger partial charge on any atom is -0.464 e. The maximum Gasteiger partial charge on any atom is 0.407 e. The summed E-state index contributed by atoms with van der Waals surface area (Å²) in [7, 11) is 0. The highest BCUT2D eigenvalue weighted by molar-refractivity contribution is 8.04. The van der Waals surface area contributed by atoms with Crippen molar-refractivity contribution < 1.29 is 38.2 Å². The number of hydrogen-bond donors (Lipinski definition) is 3. The molecule has 11 nitrogen and oxygen atoms in total. The van der Waals surface area contributed by atoms with Gasteiger partial charge in [0, 0.05) is 22.8 Å². The van der Waals surface area contributed by atoms with E-state index < -0.39 is 53.4 Å². The van der Waals surface area contributed by atoms with E-state index in [2.05, 4.69) is 10.6 Å². The molecule has 0 fully saturated rings. The number of allylic oxidation sites excluding steroid dienone is 1. The monoisotopic (exact) mass is 639 g/mol. The molecule has 1 unspecified atom stereocenters. The molecular formula is C34H29N3O8S. The number of benzene rings is 3. The topological polar surface area (TPSA) is 171 Å². The Balaban J connectivity index is 1.24. The molecule has 0 spiro atoms. The summed E-state index contributed by atoms with van der Waals surface area (Å²) in [5, 5.41) is 4.94. The van der Waals surface area contributed by atoms with Crippen molar-refractivity contribution in [2.45, 2.75) is 30.8 Å². The lowest BCUT2D eigenvalue weighted by atomic mass is 9.79. The molecule has 46 heavy (non-hydrogen) atoms. The van der Waals surface area contributed by atoms with E-state index in [0.29, 0.717) is 0 Å². The van der Waals surface area contributed by atoms with Crippen LogP contribution in [0.4, 0.5) is 4.79 Å². The number of rotatable bonds is 9. The van der Waals surface area contributed by atoms with Crippen molar-refractivity contribution in [3.8, 4) is 11.1 Å². The molecule has 2 atom stereocenters. The lowest BCUT2D eigenvalue weighted by molar-refractivity contribution is -0.150. The van der Waals surface area contributed by atoms with Crippen LogP contribution in [-0.4, -0.2) is 66.0 Å². The van der Waals surface area contributed by atoms with Crippen LogP contribution in [-0.2, 0) is 23.9 Å². The second-order valence-corrected chi connectivity index (χ2v) is 12.0. The van der Waals surface area contributed by atoms with Crippen LogP contribution in [0.5, 0.6) is 0 Å². The normalized spacial score (nSPS) is 18.5. The van der Waals surface area contributed by atoms with Gasteiger partial charge in [-0.15, -0.1) is 11.8 Å². The van der Waals surface area contributed by atoms with Gasteiger partial charge in [-0.05, 0) is 29.2 Å². The smallest absolute Gasteiger partial charge is 0.407 e. The molecule has 3 amide bonds. The summed E-state index contributed by atoms with van der Waals surface area (Å²) in [6.45, 7) is 1.42. The number of amides is 3. The van der Waals surface area contributed by atoms with E-state index in [4.69, 9.17) is 15.2 Å². The third-order valence-corrected chi connectivity index (χ3v) is 9.51. The van der Waals surface area contributed by atoms with Crippen molar-refractivity contribution in [2.75, 3.05) is 19.0 Å². The molecule has 4 N–H and O–H groups in total. The first-order chi connectivity index (χ1) is 22.2. The molecule has 3 aliphatic rings. The zero-order valence-corrected chi connectivity index (χ0v) is 25.5. The molecule has 1 aliphatic heterocycles. The molecule has 3 aromatic rings. The molecule has 6 rings (SSSR count). The summed E-state index contributed by atoms with van der Waals surface area (Å²) in [5.74, 6) is -4.41. The molecule has 0 bridgehead atoms. The van der Waals surface area contributed by atoms with Gasteiger partial charge >= 0.3 is 12.1 Å². The summed E-state index contributed by atoms with van der Waals surface area (Å²) < 4.78 is 10.8. The van der Waals surface area contributed by atoms with Crippen molar-refractivity contribution in [1.29, 1.82) is 0 Å². The Kier molecular flexibility index (Phi) is 8.22. The van der Waals surface area contributed by atoms with Crippen LogP contribution < -0.4 is 16.4 Å². The van der Waals surface area contributed by atoms with Gasteiger partial charge in [0.2, 0.25) is 17.6 Å². The maximum atomic E-state index is 13.8. The number of carbonyl (C=O) groups excluding carboxylic acids is 6. The molecule has 2 aliphatic carbocycles. The first-order valence-corrected chi connectivity index (χ1v) is 15.6. The molecule has 12 heteroatoms. The molecule has 0 saturated carbocycles. The molecule has 3 aromatic carbocycles. The SMILES string of the molecule is CCOC(=O)C1(NC(=O)[C@H](CC(N)=O)NC(=O)OCC2c3ccccc3-c3ccccc32)CSC2=C1C(=O)c1ccccc1C2=O. The van der Waals surface area contributed by atoms with Gasteiger partial charge in [0.05, 0.1) is 23.5 Å². The number of thioether (sulfide) groups is 1. The number of fused-ring (bicyclic) bond motifs is 4. The highest BCUT2D eigenvalue weighted by Crippen LogP contribution is 2.47. The third-order valence-electron chi connectivity index (χ3n) is 8.25. The Bertz CT molecular complexity index is 1810. The number of primary amides is 1. The van der Waals surface area contributed by atoms with Gasteiger partial charge in [0.1, 0.15) is 12.6 Å². The van der Waals surface area contributed by atoms with Gasteiger partial charge in [-0.25, -0.2) is 9.59 Å². The average Bonchev–Trinajstić information content (AvgIpc) is 3.59. The Labute approximate surface area is 267 Å². The van der Waals surface area contributed by atoms with Crippen LogP contribution in [0, 0.1) is 0 Å². The quantitative estimate of drug-likeness (QED) is 0.297. The predicted octanol–water partition coefficient (Wildman–Crippen LogP) is 3.27. The number of nitrogens with one attached hydrogen (secondary N) is 2. The summed E-state index contributed by atoms with van der Waals surface area (Å²) in [6.07, 6.45) is -1.63. The fourth-order valence-electron chi connectivity index (χ4n) is 6.19. The minimum absolute atomic E-state index is 0.0213. The summed E-state index contributed by atoms with van der Waals surface area (Å²) in [5.41, 5.74) is 7.44. The van der Waals surface area contributed by atoms with Crippen LogP contribution in [0.3, 0.4) is 0 Å². The Morgan fingerprint density at radius 3 is 2.02 bits per heavy atom. The maximum absolute atomic E-state index is 13.8. The fourth-order valence-corrected chi connectivity index (χ4v) is 7.53. The number of Topliss-reactive ketones (excluding diaryl/α,β-unsaturated/α-hetero) is 2. The van der Waals surface area contributed by atoms with Crippen LogP contribution >= 0.6 is 11.8 Å². The lowest BCUT2D eigenvalue weighted by Gasteiger charge is -2.32. The van der Waals surface area contributed by atoms with Gasteiger partial charge in [0.15, 0.2) is 11.3 Å². The van der Waals surface area contributed by atoms with E-state index in [1.54, 1.807) is 19.1 Å². The summed E-state index contributed by atoms with van der Waals surface area (Å²) >= 11 is 0.945. The van der Waals surface area contributed by atoms with Crippen molar-refractivity contribution in [1.82, 2.24) is 10.6 Å². The Morgan fingerprint density at radius 1 is 0.870 bits per heavy atom. The second-order valence-electron chi connectivity index (χ2n) is 11.0. The van der Waals surface area contributed by atoms with E-state index in [9.17, 15) is 28.8 Å². The number of hydrogen-bond acceptors (Lipinski definition) is 9. The summed E-state index contributed by atoms with van der Waals surface area (Å²) in [6, 6.07) is 20.2. The largest absolute Gasteiger partial charge is 0.464 e. The van der Waals surface area contributed by atoms with Crippen molar-refractivity contribution in [3.63, 3.8) is 0 Å². The number of alkyl carbamates (subject to hydrolysis) is 1. The number of esters is 1. The average molecular weight is 640 g/mol. The number of ketones is 2. The van der Waals surface area contributed by atoms with E-state index in [1.165, 1.54) is 12.1 Å². The van der Waals surface area contributed by atoms with Gasteiger partial charge in [0.25, 0.3) is 0 Å². The molecule has 0 saturated heterocycles. The second kappa shape index (κ2) is 12.3. The molecule has 0 aromatic heterocycles. The minimum atomic E-state index is -2.06. The van der Waals surface area contributed by atoms with Gasteiger partial charge in [-0.1, -0.05) is 72.8 Å². The molecule has 234 valence electrons. The van der Waals surface area contributed by atoms with Crippen molar-refractivity contribution in [3.05, 3.63) is 106 Å². The van der Waals surface area contributed by atoms with E-state index in [-0.39, 0.29) is 46.5 Å². The van der Waals surface area contributed by atoms with E-state index in [0.717, 1.165) is 34.0 Å². The Morgan fingerprint density at radius 2 is 1.43 bits per heavy atom. The highest BCUT2D eigenvalue weighted by Gasteiger charge is 2.57.